The van der Waals surface area contributed by atoms with Crippen molar-refractivity contribution >= 4 is 15.8 Å². The van der Waals surface area contributed by atoms with Crippen molar-refractivity contribution < 1.29 is 8.42 Å². The lowest BCUT2D eigenvalue weighted by Gasteiger charge is -2.27. The average molecular weight is 382 g/mol. The van der Waals surface area contributed by atoms with Crippen LogP contribution in [-0.4, -0.2) is 45.0 Å². The monoisotopic (exact) mass is 381 g/mol. The van der Waals surface area contributed by atoms with Crippen molar-refractivity contribution in [1.29, 1.82) is 0 Å². The number of guanidine groups is 1. The number of sulfone groups is 1. The van der Waals surface area contributed by atoms with Crippen molar-refractivity contribution in [2.24, 2.45) is 4.99 Å². The first-order valence-electron chi connectivity index (χ1n) is 9.24. The van der Waals surface area contributed by atoms with Crippen LogP contribution in [0.2, 0.25) is 0 Å². The maximum absolute atomic E-state index is 11.9. The van der Waals surface area contributed by atoms with Crippen LogP contribution in [0, 0.1) is 0 Å². The first-order chi connectivity index (χ1) is 11.9. The zero-order chi connectivity index (χ0) is 20.0. The van der Waals surface area contributed by atoms with Gasteiger partial charge in [0, 0.05) is 24.8 Å². The minimum absolute atomic E-state index is 0.0746. The number of aryl methyl sites for hydroxylation is 1. The lowest BCUT2D eigenvalue weighted by atomic mass is 9.84. The van der Waals surface area contributed by atoms with Crippen LogP contribution in [-0.2, 0) is 21.7 Å². The Morgan fingerprint density at radius 1 is 1.04 bits per heavy atom. The highest BCUT2D eigenvalue weighted by molar-refractivity contribution is 7.92. The summed E-state index contributed by atoms with van der Waals surface area (Å²) in [7, 11) is -3.17. The molecular weight excluding hydrogens is 346 g/mol. The van der Waals surface area contributed by atoms with Crippen molar-refractivity contribution in [1.82, 2.24) is 10.6 Å². The molecule has 0 heterocycles. The molecule has 5 nitrogen and oxygen atoms in total. The van der Waals surface area contributed by atoms with Crippen LogP contribution in [0.4, 0.5) is 0 Å². The lowest BCUT2D eigenvalue weighted by Crippen LogP contribution is -2.44. The second-order valence-electron chi connectivity index (χ2n) is 8.01. The molecule has 0 aliphatic carbocycles. The molecule has 0 bridgehead atoms. The Bertz CT molecular complexity index is 705. The van der Waals surface area contributed by atoms with Crippen LogP contribution in [0.1, 0.15) is 52.7 Å². The number of benzene rings is 1. The molecule has 2 N–H and O–H groups in total. The van der Waals surface area contributed by atoms with E-state index >= 15 is 0 Å². The molecule has 0 atom stereocenters. The largest absolute Gasteiger partial charge is 0.357 e. The third kappa shape index (κ3) is 6.31. The van der Waals surface area contributed by atoms with Crippen LogP contribution < -0.4 is 10.6 Å². The van der Waals surface area contributed by atoms with Crippen molar-refractivity contribution in [2.45, 2.75) is 58.1 Å². The smallest absolute Gasteiger partial charge is 0.191 e. The summed E-state index contributed by atoms with van der Waals surface area (Å²) in [5.41, 5.74) is 2.51. The van der Waals surface area contributed by atoms with E-state index in [1.807, 2.05) is 6.92 Å². The Labute approximate surface area is 159 Å². The Morgan fingerprint density at radius 2 is 1.62 bits per heavy atom. The van der Waals surface area contributed by atoms with Crippen LogP contribution >= 0.6 is 0 Å². The maximum Gasteiger partial charge on any atom is 0.191 e. The Kier molecular flexibility index (Phi) is 7.69. The molecule has 0 spiro atoms. The van der Waals surface area contributed by atoms with Crippen molar-refractivity contribution in [3.05, 3.63) is 35.4 Å². The first-order valence-corrected chi connectivity index (χ1v) is 11.1. The van der Waals surface area contributed by atoms with E-state index in [1.54, 1.807) is 13.8 Å². The van der Waals surface area contributed by atoms with Crippen LogP contribution in [0.5, 0.6) is 0 Å². The normalized spacial score (nSPS) is 13.6. The molecule has 0 amide bonds. The van der Waals surface area contributed by atoms with E-state index in [-0.39, 0.29) is 12.0 Å². The van der Waals surface area contributed by atoms with E-state index < -0.39 is 14.6 Å². The molecule has 0 fully saturated rings. The summed E-state index contributed by atoms with van der Waals surface area (Å²) in [5.74, 6) is 0.641. The minimum Gasteiger partial charge on any atom is -0.357 e. The van der Waals surface area contributed by atoms with Crippen LogP contribution in [0.15, 0.2) is 29.3 Å². The fourth-order valence-electron chi connectivity index (χ4n) is 2.33. The molecule has 0 unspecified atom stereocenters. The first kappa shape index (κ1) is 22.5. The summed E-state index contributed by atoms with van der Waals surface area (Å²) in [6, 6.07) is 8.70. The molecule has 148 valence electrons. The Hall–Kier alpha value is -1.56. The number of hydrogen-bond donors (Lipinski definition) is 2. The number of rotatable bonds is 8. The van der Waals surface area contributed by atoms with Gasteiger partial charge in [0.1, 0.15) is 0 Å². The molecule has 0 saturated carbocycles. The van der Waals surface area contributed by atoms with Gasteiger partial charge in [-0.25, -0.2) is 8.42 Å². The van der Waals surface area contributed by atoms with E-state index in [0.29, 0.717) is 12.5 Å². The highest BCUT2D eigenvalue weighted by atomic mass is 32.2. The highest BCUT2D eigenvalue weighted by Crippen LogP contribution is 2.23. The topological polar surface area (TPSA) is 70.6 Å². The third-order valence-corrected chi connectivity index (χ3v) is 6.94. The van der Waals surface area contributed by atoms with Crippen molar-refractivity contribution in [2.75, 3.05) is 25.9 Å². The second-order valence-corrected chi connectivity index (χ2v) is 10.7. The summed E-state index contributed by atoms with van der Waals surface area (Å²) in [6.45, 7) is 13.6. The summed E-state index contributed by atoms with van der Waals surface area (Å²) in [4.78, 5) is 4.49. The van der Waals surface area contributed by atoms with E-state index in [1.165, 1.54) is 17.4 Å². The number of nitrogens with one attached hydrogen (secondary N) is 2. The molecule has 6 heteroatoms. The average Bonchev–Trinajstić information content (AvgIpc) is 2.56. The fourth-order valence-corrected chi connectivity index (χ4v) is 2.63. The van der Waals surface area contributed by atoms with Gasteiger partial charge in [-0.15, -0.1) is 0 Å². The Morgan fingerprint density at radius 3 is 2.08 bits per heavy atom. The zero-order valence-electron chi connectivity index (χ0n) is 17.3. The van der Waals surface area contributed by atoms with Gasteiger partial charge in [0.25, 0.3) is 0 Å². The van der Waals surface area contributed by atoms with E-state index in [4.69, 9.17) is 0 Å². The molecule has 0 aliphatic heterocycles. The van der Waals surface area contributed by atoms with Gasteiger partial charge in [-0.2, -0.15) is 0 Å². The lowest BCUT2D eigenvalue weighted by molar-refractivity contribution is 0.507. The quantitative estimate of drug-likeness (QED) is 0.536. The van der Waals surface area contributed by atoms with Gasteiger partial charge >= 0.3 is 0 Å². The molecule has 1 aromatic rings. The van der Waals surface area contributed by atoms with Gasteiger partial charge in [0.05, 0.1) is 11.3 Å². The van der Waals surface area contributed by atoms with Gasteiger partial charge in [-0.1, -0.05) is 45.0 Å². The van der Waals surface area contributed by atoms with Crippen LogP contribution in [0.25, 0.3) is 0 Å². The van der Waals surface area contributed by atoms with Gasteiger partial charge in [0.15, 0.2) is 15.8 Å². The van der Waals surface area contributed by atoms with Gasteiger partial charge < -0.3 is 10.6 Å². The van der Waals surface area contributed by atoms with Gasteiger partial charge in [0.2, 0.25) is 0 Å². The highest BCUT2D eigenvalue weighted by Gasteiger charge is 2.30. The summed E-state index contributed by atoms with van der Waals surface area (Å²) in [5, 5.41) is 6.55. The van der Waals surface area contributed by atoms with Gasteiger partial charge in [-0.3, -0.25) is 4.99 Å². The standard InChI is InChI=1S/C20H35N3O2S/c1-8-16-10-12-17(13-11-16)19(3,4)14-22-18(21-9-2)23-15-20(5,6)26(7,24)25/h10-13H,8-9,14-15H2,1-7H3,(H2,21,22,23). The third-order valence-electron chi connectivity index (χ3n) is 4.81. The fraction of sp³-hybridized carbons (Fsp3) is 0.650. The predicted octanol–water partition coefficient (Wildman–Crippen LogP) is 2.90. The summed E-state index contributed by atoms with van der Waals surface area (Å²) in [6.07, 6.45) is 2.29. The summed E-state index contributed by atoms with van der Waals surface area (Å²) >= 11 is 0. The zero-order valence-corrected chi connectivity index (χ0v) is 18.1. The van der Waals surface area contributed by atoms with Gasteiger partial charge in [-0.05, 0) is 38.3 Å². The molecule has 0 saturated heterocycles. The molecule has 0 radical (unpaired) electrons. The van der Waals surface area contributed by atoms with E-state index in [0.717, 1.165) is 13.0 Å². The van der Waals surface area contributed by atoms with E-state index in [2.05, 4.69) is 60.7 Å². The molecular formula is C20H35N3O2S. The number of aliphatic imine (C=N–C) groups is 1. The number of nitrogens with zero attached hydrogens (tertiary/aromatic N) is 1. The Balaban J connectivity index is 2.84. The predicted molar refractivity (Wildman–Crippen MR) is 112 cm³/mol. The SMILES string of the molecule is CCNC(=NCC(C)(C)S(C)(=O)=O)NCC(C)(C)c1ccc(CC)cc1. The minimum atomic E-state index is -3.17. The van der Waals surface area contributed by atoms with Crippen LogP contribution in [0.3, 0.4) is 0 Å². The number of hydrogen-bond acceptors (Lipinski definition) is 3. The molecule has 1 aromatic carbocycles. The second kappa shape index (κ2) is 8.89. The molecule has 0 aliphatic rings. The van der Waals surface area contributed by atoms with Crippen molar-refractivity contribution in [3.8, 4) is 0 Å². The van der Waals surface area contributed by atoms with E-state index in [9.17, 15) is 8.42 Å². The summed E-state index contributed by atoms with van der Waals surface area (Å²) < 4.78 is 22.8. The molecule has 1 rings (SSSR count). The molecule has 26 heavy (non-hydrogen) atoms. The molecule has 0 aromatic heterocycles. The van der Waals surface area contributed by atoms with Crippen molar-refractivity contribution in [3.63, 3.8) is 0 Å². The maximum atomic E-state index is 11.9.